The van der Waals surface area contributed by atoms with Crippen LogP contribution in [0.1, 0.15) is 40.0 Å². The third kappa shape index (κ3) is 6.94. The van der Waals surface area contributed by atoms with Gasteiger partial charge in [-0.25, -0.2) is 4.79 Å². The van der Waals surface area contributed by atoms with Gasteiger partial charge in [0.25, 0.3) is 0 Å². The van der Waals surface area contributed by atoms with Crippen molar-refractivity contribution in [3.8, 4) is 0 Å². The molecule has 0 aromatic heterocycles. The zero-order valence-corrected chi connectivity index (χ0v) is 16.1. The topological polar surface area (TPSA) is 44.8 Å². The molecule has 1 unspecified atom stereocenters. The standard InChI is InChI=1S/C20H33N3O2/c1-20(2,3)25-19(24)21-13-9-14-22(4)18-12-8-15-23(16-18)17-10-6-5-7-11-17/h5-7,10-11,18H,8-9,12-16H2,1-4H3,(H,21,24). The number of alkyl carbamates (subject to hydrolysis) is 1. The van der Waals surface area contributed by atoms with Crippen LogP contribution >= 0.6 is 0 Å². The van der Waals surface area contributed by atoms with Crippen LogP contribution in [-0.4, -0.2) is 55.9 Å². The molecule has 0 saturated carbocycles. The Morgan fingerprint density at radius 1 is 1.32 bits per heavy atom. The maximum Gasteiger partial charge on any atom is 0.407 e. The molecule has 5 nitrogen and oxygen atoms in total. The molecule has 1 aliphatic rings. The molecule has 1 fully saturated rings. The number of hydrogen-bond acceptors (Lipinski definition) is 4. The van der Waals surface area contributed by atoms with Gasteiger partial charge in [0.15, 0.2) is 0 Å². The number of amides is 1. The number of ether oxygens (including phenoxy) is 1. The summed E-state index contributed by atoms with van der Waals surface area (Å²) in [6.45, 7) is 9.46. The Bertz CT molecular complexity index is 527. The molecule has 1 N–H and O–H groups in total. The average molecular weight is 348 g/mol. The molecule has 1 aromatic carbocycles. The van der Waals surface area contributed by atoms with E-state index in [0.717, 1.165) is 26.1 Å². The van der Waals surface area contributed by atoms with Crippen LogP contribution in [0.15, 0.2) is 30.3 Å². The smallest absolute Gasteiger partial charge is 0.407 e. The number of nitrogens with one attached hydrogen (secondary N) is 1. The number of nitrogens with zero attached hydrogens (tertiary/aromatic N) is 2. The zero-order chi connectivity index (χ0) is 18.3. The molecular weight excluding hydrogens is 314 g/mol. The van der Waals surface area contributed by atoms with Gasteiger partial charge in [0.05, 0.1) is 0 Å². The van der Waals surface area contributed by atoms with Crippen molar-refractivity contribution in [1.29, 1.82) is 0 Å². The van der Waals surface area contributed by atoms with E-state index >= 15 is 0 Å². The van der Waals surface area contributed by atoms with E-state index in [1.165, 1.54) is 18.5 Å². The van der Waals surface area contributed by atoms with Gasteiger partial charge in [-0.15, -0.1) is 0 Å². The van der Waals surface area contributed by atoms with Crippen molar-refractivity contribution in [1.82, 2.24) is 10.2 Å². The van der Waals surface area contributed by atoms with Gasteiger partial charge in [0, 0.05) is 31.4 Å². The van der Waals surface area contributed by atoms with Crippen molar-refractivity contribution in [2.45, 2.75) is 51.7 Å². The van der Waals surface area contributed by atoms with E-state index in [1.807, 2.05) is 20.8 Å². The first kappa shape index (κ1) is 19.6. The fourth-order valence-corrected chi connectivity index (χ4v) is 3.20. The highest BCUT2D eigenvalue weighted by Gasteiger charge is 2.23. The number of carbonyl (C=O) groups excluding carboxylic acids is 1. The summed E-state index contributed by atoms with van der Waals surface area (Å²) in [6.07, 6.45) is 3.06. The number of anilines is 1. The zero-order valence-electron chi connectivity index (χ0n) is 16.1. The van der Waals surface area contributed by atoms with Crippen molar-refractivity contribution >= 4 is 11.8 Å². The van der Waals surface area contributed by atoms with Crippen molar-refractivity contribution in [2.24, 2.45) is 0 Å². The van der Waals surface area contributed by atoms with Gasteiger partial charge in [-0.05, 0) is 65.8 Å². The third-order valence-corrected chi connectivity index (χ3v) is 4.50. The van der Waals surface area contributed by atoms with Gasteiger partial charge in [-0.2, -0.15) is 0 Å². The number of likely N-dealkylation sites (N-methyl/N-ethyl adjacent to an activating group) is 1. The molecule has 1 aromatic rings. The SMILES string of the molecule is CN(CCCNC(=O)OC(C)(C)C)C1CCCN(c2ccccc2)C1. The highest BCUT2D eigenvalue weighted by molar-refractivity contribution is 5.67. The second-order valence-corrected chi connectivity index (χ2v) is 7.84. The van der Waals surface area contributed by atoms with E-state index < -0.39 is 5.60 Å². The molecule has 25 heavy (non-hydrogen) atoms. The van der Waals surface area contributed by atoms with Crippen molar-refractivity contribution < 1.29 is 9.53 Å². The molecular formula is C20H33N3O2. The normalized spacial score (nSPS) is 18.3. The number of piperidine rings is 1. The molecule has 1 amide bonds. The van der Waals surface area contributed by atoms with E-state index in [1.54, 1.807) is 0 Å². The molecule has 1 aliphatic heterocycles. The number of para-hydroxylation sites is 1. The Hall–Kier alpha value is -1.75. The fourth-order valence-electron chi connectivity index (χ4n) is 3.20. The van der Waals surface area contributed by atoms with Gasteiger partial charge in [-0.3, -0.25) is 0 Å². The summed E-state index contributed by atoms with van der Waals surface area (Å²) in [5, 5.41) is 2.83. The molecule has 0 bridgehead atoms. The summed E-state index contributed by atoms with van der Waals surface area (Å²) in [5.41, 5.74) is 0.872. The third-order valence-electron chi connectivity index (χ3n) is 4.50. The largest absolute Gasteiger partial charge is 0.444 e. The average Bonchev–Trinajstić information content (AvgIpc) is 2.58. The summed E-state index contributed by atoms with van der Waals surface area (Å²) < 4.78 is 5.25. The lowest BCUT2D eigenvalue weighted by Crippen LogP contribution is -2.47. The van der Waals surface area contributed by atoms with Gasteiger partial charge in [-0.1, -0.05) is 18.2 Å². The van der Waals surface area contributed by atoms with E-state index in [9.17, 15) is 4.79 Å². The Balaban J connectivity index is 1.70. The van der Waals surface area contributed by atoms with Crippen LogP contribution in [0.3, 0.4) is 0 Å². The maximum absolute atomic E-state index is 11.7. The predicted molar refractivity (Wildman–Crippen MR) is 103 cm³/mol. The molecule has 1 heterocycles. The van der Waals surface area contributed by atoms with Crippen LogP contribution in [0.2, 0.25) is 0 Å². The van der Waals surface area contributed by atoms with Gasteiger partial charge >= 0.3 is 6.09 Å². The van der Waals surface area contributed by atoms with Gasteiger partial charge < -0.3 is 19.9 Å². The van der Waals surface area contributed by atoms with Crippen LogP contribution < -0.4 is 10.2 Å². The number of hydrogen-bond donors (Lipinski definition) is 1. The minimum absolute atomic E-state index is 0.330. The predicted octanol–water partition coefficient (Wildman–Crippen LogP) is 3.50. The second-order valence-electron chi connectivity index (χ2n) is 7.84. The van der Waals surface area contributed by atoms with E-state index in [-0.39, 0.29) is 6.09 Å². The quantitative estimate of drug-likeness (QED) is 0.800. The van der Waals surface area contributed by atoms with Crippen LogP contribution in [0.4, 0.5) is 10.5 Å². The summed E-state index contributed by atoms with van der Waals surface area (Å²) >= 11 is 0. The molecule has 1 saturated heterocycles. The summed E-state index contributed by atoms with van der Waals surface area (Å²) in [7, 11) is 2.19. The molecule has 0 aliphatic carbocycles. The van der Waals surface area contributed by atoms with E-state index in [0.29, 0.717) is 12.6 Å². The number of carbonyl (C=O) groups is 1. The minimum atomic E-state index is -0.441. The molecule has 1 atom stereocenters. The Kier molecular flexibility index (Phi) is 7.12. The fraction of sp³-hybridized carbons (Fsp3) is 0.650. The lowest BCUT2D eigenvalue weighted by molar-refractivity contribution is 0.0525. The summed E-state index contributed by atoms with van der Waals surface area (Å²) in [5.74, 6) is 0. The molecule has 2 rings (SSSR count). The van der Waals surface area contributed by atoms with Gasteiger partial charge in [0.2, 0.25) is 0 Å². The van der Waals surface area contributed by atoms with Crippen molar-refractivity contribution in [3.63, 3.8) is 0 Å². The van der Waals surface area contributed by atoms with Crippen LogP contribution in [0.5, 0.6) is 0 Å². The highest BCUT2D eigenvalue weighted by Crippen LogP contribution is 2.21. The molecule has 140 valence electrons. The summed E-state index contributed by atoms with van der Waals surface area (Å²) in [4.78, 5) is 16.5. The van der Waals surface area contributed by atoms with E-state index in [4.69, 9.17) is 4.74 Å². The maximum atomic E-state index is 11.7. The minimum Gasteiger partial charge on any atom is -0.444 e. The molecule has 0 radical (unpaired) electrons. The monoisotopic (exact) mass is 347 g/mol. The molecule has 0 spiro atoms. The first-order valence-electron chi connectivity index (χ1n) is 9.32. The van der Waals surface area contributed by atoms with Crippen LogP contribution in [-0.2, 0) is 4.74 Å². The number of rotatable bonds is 6. The van der Waals surface area contributed by atoms with Crippen molar-refractivity contribution in [3.05, 3.63) is 30.3 Å². The Morgan fingerprint density at radius 2 is 2.04 bits per heavy atom. The highest BCUT2D eigenvalue weighted by atomic mass is 16.6. The Labute approximate surface area is 152 Å². The molecule has 5 heteroatoms. The second kappa shape index (κ2) is 9.09. The van der Waals surface area contributed by atoms with Crippen LogP contribution in [0, 0.1) is 0 Å². The van der Waals surface area contributed by atoms with E-state index in [2.05, 4.69) is 52.5 Å². The van der Waals surface area contributed by atoms with Crippen molar-refractivity contribution in [2.75, 3.05) is 38.1 Å². The first-order valence-corrected chi connectivity index (χ1v) is 9.32. The lowest BCUT2D eigenvalue weighted by atomic mass is 10.0. The lowest BCUT2D eigenvalue weighted by Gasteiger charge is -2.39. The van der Waals surface area contributed by atoms with Crippen LogP contribution in [0.25, 0.3) is 0 Å². The Morgan fingerprint density at radius 3 is 2.72 bits per heavy atom. The van der Waals surface area contributed by atoms with Gasteiger partial charge in [0.1, 0.15) is 5.60 Å². The first-order chi connectivity index (χ1) is 11.8. The summed E-state index contributed by atoms with van der Waals surface area (Å²) in [6, 6.07) is 11.2. The number of benzene rings is 1.